The molecule has 5 aliphatic carbocycles. The Morgan fingerprint density at radius 1 is 0.532 bits per heavy atom. The van der Waals surface area contributed by atoms with Crippen LogP contribution in [0.5, 0.6) is 0 Å². The Balaban J connectivity index is 0.872. The van der Waals surface area contributed by atoms with Crippen molar-refractivity contribution in [2.24, 2.45) is 50.2 Å². The van der Waals surface area contributed by atoms with Crippen molar-refractivity contribution in [2.45, 2.75) is 318 Å². The van der Waals surface area contributed by atoms with Gasteiger partial charge in [-0.2, -0.15) is 0 Å². The molecule has 0 radical (unpaired) electrons. The van der Waals surface area contributed by atoms with E-state index in [-0.39, 0.29) is 36.7 Å². The standard InChI is InChI=1S/C76H110O33/c1-13-31(2)63(94)108-60-61(102-43(80)20-19-35-17-15-14-16-18-35)76-40(27-70(60,6)7)75(109-69(76)95)26-22-39-72(10)24-23-41(71(8,9)38(72)21-25-73(39,11)74(75,12)28-42(76)98-34(5)79)101-68-59(107-65-53(90)49(86)46(83)36(29-77)99-65)55(54(91)56(104-68)62(92)93)103-67-58(51(88)47(84)37(30-78)100-67)106-66-57(50(87)45(82)33(4)97-66)105-64-52(89)48(85)44(81)32(3)96-64/h13-20,32-33,36-42,44-61,64-68,77-78,81-91H,21-30H2,1-12H3,(H,92,93)/b20-19+,31-13-/t32-,33?,36+,37+,38-,39+,40-,41-,42+,44-,45?,46-,47-,48+,49-,50?,51-,52+,53+,54-,55-,56-,57?,58+,59+,60-,61-,64-,65-,66?,67-,68+,72-,73+,74-,75-,76+/m0/s1. The third-order valence-corrected chi connectivity index (χ3v) is 27.4. The fourth-order valence-electron chi connectivity index (χ4n) is 21.2. The maximum Gasteiger partial charge on any atom is 0.335 e. The van der Waals surface area contributed by atoms with E-state index in [0.29, 0.717) is 37.7 Å². The van der Waals surface area contributed by atoms with E-state index in [0.717, 1.165) is 0 Å². The zero-order valence-electron chi connectivity index (χ0n) is 63.2. The van der Waals surface area contributed by atoms with Crippen LogP contribution in [0.15, 0.2) is 48.1 Å². The van der Waals surface area contributed by atoms with Gasteiger partial charge in [0.2, 0.25) is 0 Å². The molecule has 37 atom stereocenters. The lowest BCUT2D eigenvalue weighted by atomic mass is 9.30. The molecule has 1 aromatic carbocycles. The topological polar surface area (TPSA) is 498 Å². The second-order valence-electron chi connectivity index (χ2n) is 34.0. The largest absolute Gasteiger partial charge is 0.479 e. The number of carboxylic acids is 1. The molecule has 11 fully saturated rings. The second kappa shape index (κ2) is 31.0. The summed E-state index contributed by atoms with van der Waals surface area (Å²) in [5.41, 5.74) is -6.51. The molecule has 12 rings (SSSR count). The minimum Gasteiger partial charge on any atom is -0.479 e. The summed E-state index contributed by atoms with van der Waals surface area (Å²) in [6.07, 6.45) is -46.7. The number of hydrogen-bond acceptors (Lipinski definition) is 32. The van der Waals surface area contributed by atoms with Crippen LogP contribution in [0.3, 0.4) is 0 Å². The summed E-state index contributed by atoms with van der Waals surface area (Å²) in [5.74, 6) is -6.02. The smallest absolute Gasteiger partial charge is 0.335 e. The van der Waals surface area contributed by atoms with Gasteiger partial charge in [-0.05, 0) is 119 Å². The highest BCUT2D eigenvalue weighted by Gasteiger charge is 2.88. The molecule has 1 spiro atoms. The van der Waals surface area contributed by atoms with E-state index in [1.165, 1.54) is 26.8 Å². The number of benzene rings is 1. The zero-order valence-corrected chi connectivity index (χ0v) is 63.2. The van der Waals surface area contributed by atoms with Crippen molar-refractivity contribution in [1.82, 2.24) is 0 Å². The van der Waals surface area contributed by atoms with Crippen LogP contribution in [-0.2, 0) is 90.3 Å². The number of ether oxygens (including phenoxy) is 14. The molecule has 2 bridgehead atoms. The van der Waals surface area contributed by atoms with Crippen molar-refractivity contribution in [3.05, 3.63) is 53.6 Å². The molecule has 5 unspecified atom stereocenters. The minimum absolute atomic E-state index is 0.0580. The SMILES string of the molecule is C/C=C(/C)C(=O)O[C@H]1[C@H](OC(=O)/C=C/c2ccccc2)[C@]23C(=O)O[C@@]4(CC[C@@H]5[C@@]6(C)CC[C@H](O[C@@H]7O[C@H](C(=O)O)[C@@H](O)[C@H](O[C@@H]8O[C@H](CO)[C@H](O)[C@H](O)[C@H]8OC8OC(C)C(O)C(O)C8O[C@@H]8O[C@@H](C)[C@H](O)[C@@H](O)[C@H]8O)[C@H]7O[C@@H]7O[C@H](CO)[C@H](O)[C@H](O)[C@H]7O)C(C)(C)[C@@H]6CC[C@@]5(C)[C@]4(C)C[C@H]2OC(C)=O)[C@@H]3CC1(C)C. The van der Waals surface area contributed by atoms with Gasteiger partial charge >= 0.3 is 29.8 Å². The lowest BCUT2D eigenvalue weighted by Gasteiger charge is -2.74. The van der Waals surface area contributed by atoms with Crippen LogP contribution < -0.4 is 0 Å². The van der Waals surface area contributed by atoms with Crippen LogP contribution in [0.1, 0.15) is 140 Å². The fourth-order valence-corrected chi connectivity index (χ4v) is 21.2. The number of fused-ring (bicyclic) bond motifs is 4. The van der Waals surface area contributed by atoms with E-state index in [9.17, 15) is 90.7 Å². The Kier molecular flexibility index (Phi) is 23.8. The Morgan fingerprint density at radius 2 is 1.06 bits per heavy atom. The van der Waals surface area contributed by atoms with Gasteiger partial charge in [0.1, 0.15) is 122 Å². The molecule has 1 aromatic rings. The van der Waals surface area contributed by atoms with Gasteiger partial charge < -0.3 is 138 Å². The number of rotatable bonds is 19. The van der Waals surface area contributed by atoms with Crippen LogP contribution in [-0.4, -0.2) is 298 Å². The molecular weight excluding hydrogens is 1440 g/mol. The van der Waals surface area contributed by atoms with Crippen molar-refractivity contribution >= 4 is 35.9 Å². The number of aliphatic hydroxyl groups is 13. The summed E-state index contributed by atoms with van der Waals surface area (Å²) >= 11 is 0. The number of hydrogen-bond donors (Lipinski definition) is 14. The zero-order chi connectivity index (χ0) is 79.6. The predicted molar refractivity (Wildman–Crippen MR) is 368 cm³/mol. The quantitative estimate of drug-likeness (QED) is 0.0357. The van der Waals surface area contributed by atoms with Crippen molar-refractivity contribution in [3.63, 3.8) is 0 Å². The maximum absolute atomic E-state index is 15.9. The molecule has 14 N–H and O–H groups in total. The van der Waals surface area contributed by atoms with Gasteiger partial charge in [-0.15, -0.1) is 0 Å². The maximum atomic E-state index is 15.9. The molecule has 0 amide bonds. The molecule has 33 heteroatoms. The van der Waals surface area contributed by atoms with E-state index < -0.39 is 265 Å². The van der Waals surface area contributed by atoms with Crippen molar-refractivity contribution < 1.29 is 162 Å². The summed E-state index contributed by atoms with van der Waals surface area (Å²) in [6, 6.07) is 9.01. The number of carbonyl (C=O) groups excluding carboxylic acids is 4. The van der Waals surface area contributed by atoms with Crippen LogP contribution in [0, 0.1) is 50.2 Å². The lowest BCUT2D eigenvalue weighted by Crippen LogP contribution is -2.77. The summed E-state index contributed by atoms with van der Waals surface area (Å²) in [4.78, 5) is 71.7. The first-order valence-corrected chi connectivity index (χ1v) is 37.8. The predicted octanol–water partition coefficient (Wildman–Crippen LogP) is -0.559. The number of allylic oxidation sites excluding steroid dienone is 1. The lowest BCUT2D eigenvalue weighted by molar-refractivity contribution is -0.412. The van der Waals surface area contributed by atoms with Crippen molar-refractivity contribution in [1.29, 1.82) is 0 Å². The molecule has 612 valence electrons. The molecule has 33 nitrogen and oxygen atoms in total. The van der Waals surface area contributed by atoms with E-state index in [4.69, 9.17) is 66.3 Å². The molecule has 6 aliphatic heterocycles. The van der Waals surface area contributed by atoms with Crippen LogP contribution in [0.2, 0.25) is 0 Å². The summed E-state index contributed by atoms with van der Waals surface area (Å²) in [7, 11) is 0. The Bertz CT molecular complexity index is 3520. The summed E-state index contributed by atoms with van der Waals surface area (Å²) in [6.45, 7) is 19.4. The molecular formula is C76H110O33. The van der Waals surface area contributed by atoms with Crippen molar-refractivity contribution in [2.75, 3.05) is 13.2 Å². The van der Waals surface area contributed by atoms with Crippen molar-refractivity contribution in [3.8, 4) is 0 Å². The first kappa shape index (κ1) is 83.6. The molecule has 11 aliphatic rings. The minimum atomic E-state index is -2.39. The van der Waals surface area contributed by atoms with Gasteiger partial charge in [0.05, 0.1) is 31.5 Å². The first-order valence-electron chi connectivity index (χ1n) is 37.8. The molecule has 5 saturated carbocycles. The van der Waals surface area contributed by atoms with Crippen LogP contribution in [0.4, 0.5) is 0 Å². The number of aliphatic carboxylic acids is 1. The highest BCUT2D eigenvalue weighted by molar-refractivity contribution is 5.90. The van der Waals surface area contributed by atoms with Gasteiger partial charge in [0.25, 0.3) is 0 Å². The monoisotopic (exact) mass is 1550 g/mol. The van der Waals surface area contributed by atoms with Gasteiger partial charge in [0, 0.05) is 35.3 Å². The van der Waals surface area contributed by atoms with E-state index >= 15 is 4.79 Å². The fraction of sp³-hybridized carbons (Fsp3) is 0.803. The number of aliphatic hydroxyl groups excluding tert-OH is 13. The Labute approximate surface area is 630 Å². The number of carbonyl (C=O) groups is 5. The van der Waals surface area contributed by atoms with E-state index in [1.807, 2.05) is 33.8 Å². The highest BCUT2D eigenvalue weighted by atomic mass is 16.8. The van der Waals surface area contributed by atoms with Gasteiger partial charge in [-0.3, -0.25) is 9.59 Å². The molecule has 0 aromatic heterocycles. The third-order valence-electron chi connectivity index (χ3n) is 27.4. The third kappa shape index (κ3) is 13.9. The molecule has 6 saturated heterocycles. The number of carboxylic acid groups (broad SMARTS) is 1. The van der Waals surface area contributed by atoms with E-state index in [2.05, 4.69) is 20.8 Å². The highest BCUT2D eigenvalue weighted by Crippen LogP contribution is 2.81. The van der Waals surface area contributed by atoms with Gasteiger partial charge in [-0.25, -0.2) is 14.4 Å². The number of esters is 4. The molecule has 6 heterocycles. The summed E-state index contributed by atoms with van der Waals surface area (Å²) in [5, 5.41) is 156. The van der Waals surface area contributed by atoms with E-state index in [1.54, 1.807) is 50.3 Å². The first-order chi connectivity index (χ1) is 51.1. The van der Waals surface area contributed by atoms with Gasteiger partial charge in [0.15, 0.2) is 49.1 Å². The Morgan fingerprint density at radius 3 is 1.68 bits per heavy atom. The van der Waals surface area contributed by atoms with Crippen LogP contribution >= 0.6 is 0 Å². The average Bonchev–Trinajstić information content (AvgIpc) is 1.53. The van der Waals surface area contributed by atoms with Gasteiger partial charge in [-0.1, -0.05) is 84.9 Å². The van der Waals surface area contributed by atoms with Crippen LogP contribution in [0.25, 0.3) is 6.08 Å². The normalized spacial score (nSPS) is 49.4. The Hall–Kier alpha value is -4.87. The second-order valence-corrected chi connectivity index (χ2v) is 34.0. The average molecular weight is 1550 g/mol. The molecule has 109 heavy (non-hydrogen) atoms. The summed E-state index contributed by atoms with van der Waals surface area (Å²) < 4.78 is 88.7.